The maximum absolute atomic E-state index is 5.74. The van der Waals surface area contributed by atoms with Gasteiger partial charge in [-0.25, -0.2) is 4.98 Å². The van der Waals surface area contributed by atoms with E-state index >= 15 is 0 Å². The van der Waals surface area contributed by atoms with E-state index in [9.17, 15) is 0 Å². The maximum atomic E-state index is 5.74. The monoisotopic (exact) mass is 427 g/mol. The normalized spacial score (nSPS) is 15.8. The number of benzene rings is 1. The van der Waals surface area contributed by atoms with Gasteiger partial charge >= 0.3 is 0 Å². The number of aliphatic imine (C=N–C) groups is 1. The van der Waals surface area contributed by atoms with E-state index in [1.165, 1.54) is 5.56 Å². The number of ether oxygens (including phenoxy) is 1. The number of nitrogens with one attached hydrogen (secondary N) is 1. The molecule has 0 aliphatic carbocycles. The molecular weight excluding hydrogens is 390 g/mol. The summed E-state index contributed by atoms with van der Waals surface area (Å²) >= 11 is 0. The van der Waals surface area contributed by atoms with Crippen molar-refractivity contribution in [3.63, 3.8) is 0 Å². The first kappa shape index (κ1) is 23.1. The molecule has 0 saturated carbocycles. The molecule has 0 bridgehead atoms. The molecule has 7 nitrogen and oxygen atoms in total. The van der Waals surface area contributed by atoms with Gasteiger partial charge in [0.15, 0.2) is 5.96 Å². The highest BCUT2D eigenvalue weighted by atomic mass is 16.5. The van der Waals surface area contributed by atoms with Crippen LogP contribution < -0.4 is 10.1 Å². The highest BCUT2D eigenvalue weighted by Crippen LogP contribution is 2.20. The fourth-order valence-corrected chi connectivity index (χ4v) is 3.89. The predicted molar refractivity (Wildman–Crippen MR) is 124 cm³/mol. The van der Waals surface area contributed by atoms with Gasteiger partial charge in [-0.2, -0.15) is 0 Å². The van der Waals surface area contributed by atoms with E-state index in [1.807, 2.05) is 26.0 Å². The van der Waals surface area contributed by atoms with Crippen LogP contribution in [0.15, 0.2) is 33.7 Å². The second-order valence-corrected chi connectivity index (χ2v) is 8.37. The number of rotatable bonds is 8. The number of aryl methyl sites for hydroxylation is 2. The van der Waals surface area contributed by atoms with Crippen molar-refractivity contribution in [2.75, 3.05) is 40.3 Å². The lowest BCUT2D eigenvalue weighted by atomic mass is 9.97. The van der Waals surface area contributed by atoms with Crippen molar-refractivity contribution in [3.8, 4) is 5.75 Å². The number of aromatic nitrogens is 1. The van der Waals surface area contributed by atoms with Gasteiger partial charge < -0.3 is 19.4 Å². The van der Waals surface area contributed by atoms with E-state index < -0.39 is 0 Å². The molecule has 1 saturated heterocycles. The standard InChI is InChI=1S/C24H37N5O2/c1-6-25-24(28(4)16-21-7-9-22(30-5)10-8-21)26-15-20-11-13-29(14-12-20)17-23-27-18(2)19(3)31-23/h7-10,20H,6,11-17H2,1-5H3,(H,25,26). The van der Waals surface area contributed by atoms with Crippen LogP contribution in [0.2, 0.25) is 0 Å². The van der Waals surface area contributed by atoms with E-state index in [0.717, 1.165) is 81.2 Å². The Kier molecular flexibility index (Phi) is 8.35. The molecule has 7 heteroatoms. The summed E-state index contributed by atoms with van der Waals surface area (Å²) in [5, 5.41) is 3.43. The van der Waals surface area contributed by atoms with Crippen molar-refractivity contribution in [3.05, 3.63) is 47.2 Å². The zero-order valence-electron chi connectivity index (χ0n) is 19.6. The van der Waals surface area contributed by atoms with Crippen molar-refractivity contribution in [2.24, 2.45) is 10.9 Å². The largest absolute Gasteiger partial charge is 0.497 e. The highest BCUT2D eigenvalue weighted by molar-refractivity contribution is 5.79. The summed E-state index contributed by atoms with van der Waals surface area (Å²) in [6.45, 7) is 11.6. The minimum absolute atomic E-state index is 0.618. The van der Waals surface area contributed by atoms with Crippen molar-refractivity contribution in [1.82, 2.24) is 20.1 Å². The minimum Gasteiger partial charge on any atom is -0.497 e. The highest BCUT2D eigenvalue weighted by Gasteiger charge is 2.21. The second-order valence-electron chi connectivity index (χ2n) is 8.37. The number of methoxy groups -OCH3 is 1. The van der Waals surface area contributed by atoms with Crippen LogP contribution in [0.4, 0.5) is 0 Å². The van der Waals surface area contributed by atoms with Crippen LogP contribution in [0.25, 0.3) is 0 Å². The number of nitrogens with zero attached hydrogens (tertiary/aromatic N) is 4. The van der Waals surface area contributed by atoms with Gasteiger partial charge in [-0.05, 0) is 70.3 Å². The SMILES string of the molecule is CCNC(=NCC1CCN(Cc2nc(C)c(C)o2)CC1)N(C)Cc1ccc(OC)cc1. The van der Waals surface area contributed by atoms with Crippen molar-refractivity contribution < 1.29 is 9.15 Å². The molecule has 0 amide bonds. The zero-order valence-corrected chi connectivity index (χ0v) is 19.6. The molecule has 1 aromatic heterocycles. The minimum atomic E-state index is 0.618. The first-order valence-corrected chi connectivity index (χ1v) is 11.3. The molecule has 1 aliphatic heterocycles. The number of hydrogen-bond acceptors (Lipinski definition) is 5. The summed E-state index contributed by atoms with van der Waals surface area (Å²) in [4.78, 5) is 14.1. The topological polar surface area (TPSA) is 66.1 Å². The van der Waals surface area contributed by atoms with Crippen LogP contribution in [0, 0.1) is 19.8 Å². The lowest BCUT2D eigenvalue weighted by Crippen LogP contribution is -2.39. The molecule has 0 spiro atoms. The summed E-state index contributed by atoms with van der Waals surface area (Å²) in [6, 6.07) is 8.21. The molecule has 1 aliphatic rings. The van der Waals surface area contributed by atoms with Crippen LogP contribution >= 0.6 is 0 Å². The number of hydrogen-bond donors (Lipinski definition) is 1. The Hall–Kier alpha value is -2.54. The van der Waals surface area contributed by atoms with Crippen LogP contribution in [0.1, 0.15) is 42.7 Å². The lowest BCUT2D eigenvalue weighted by molar-refractivity contribution is 0.166. The fraction of sp³-hybridized carbons (Fsp3) is 0.583. The third kappa shape index (κ3) is 6.72. The van der Waals surface area contributed by atoms with Gasteiger partial charge in [-0.15, -0.1) is 0 Å². The van der Waals surface area contributed by atoms with Crippen molar-refractivity contribution in [2.45, 2.75) is 46.7 Å². The number of guanidine groups is 1. The average Bonchev–Trinajstić information content (AvgIpc) is 3.09. The Morgan fingerprint density at radius 2 is 1.97 bits per heavy atom. The molecule has 3 rings (SSSR count). The summed E-state index contributed by atoms with van der Waals surface area (Å²) in [5.41, 5.74) is 2.23. The molecule has 1 aromatic carbocycles. The van der Waals surface area contributed by atoms with E-state index in [0.29, 0.717) is 5.92 Å². The Morgan fingerprint density at radius 3 is 2.55 bits per heavy atom. The summed E-state index contributed by atoms with van der Waals surface area (Å²) in [7, 11) is 3.78. The van der Waals surface area contributed by atoms with Gasteiger partial charge in [0, 0.05) is 26.7 Å². The van der Waals surface area contributed by atoms with Crippen LogP contribution in [-0.4, -0.2) is 61.1 Å². The number of oxazole rings is 1. The van der Waals surface area contributed by atoms with Crippen LogP contribution in [0.3, 0.4) is 0 Å². The van der Waals surface area contributed by atoms with E-state index in [1.54, 1.807) is 7.11 Å². The zero-order chi connectivity index (χ0) is 22.2. The van der Waals surface area contributed by atoms with Crippen LogP contribution in [0.5, 0.6) is 5.75 Å². The average molecular weight is 428 g/mol. The smallest absolute Gasteiger partial charge is 0.208 e. The molecular formula is C24H37N5O2. The van der Waals surface area contributed by atoms with Gasteiger partial charge in [0.2, 0.25) is 5.89 Å². The molecule has 31 heavy (non-hydrogen) atoms. The third-order valence-electron chi connectivity index (χ3n) is 5.91. The van der Waals surface area contributed by atoms with Gasteiger partial charge in [0.05, 0.1) is 19.3 Å². The molecule has 2 aromatic rings. The molecule has 1 fully saturated rings. The maximum Gasteiger partial charge on any atom is 0.208 e. The molecule has 1 N–H and O–H groups in total. The molecule has 0 radical (unpaired) electrons. The second kappa shape index (κ2) is 11.2. The first-order chi connectivity index (χ1) is 15.0. The molecule has 2 heterocycles. The molecule has 0 unspecified atom stereocenters. The molecule has 0 atom stereocenters. The Bertz CT molecular complexity index is 819. The van der Waals surface area contributed by atoms with E-state index in [-0.39, 0.29) is 0 Å². The summed E-state index contributed by atoms with van der Waals surface area (Å²) in [5.74, 6) is 4.22. The number of likely N-dealkylation sites (tertiary alicyclic amines) is 1. The predicted octanol–water partition coefficient (Wildman–Crippen LogP) is 3.61. The third-order valence-corrected chi connectivity index (χ3v) is 5.91. The Morgan fingerprint density at radius 1 is 1.26 bits per heavy atom. The van der Waals surface area contributed by atoms with E-state index in [2.05, 4.69) is 46.2 Å². The fourth-order valence-electron chi connectivity index (χ4n) is 3.89. The lowest BCUT2D eigenvalue weighted by Gasteiger charge is -2.30. The van der Waals surface area contributed by atoms with Crippen molar-refractivity contribution in [1.29, 1.82) is 0 Å². The quantitative estimate of drug-likeness (QED) is 0.513. The van der Waals surface area contributed by atoms with Crippen LogP contribution in [-0.2, 0) is 13.1 Å². The molecule has 170 valence electrons. The first-order valence-electron chi connectivity index (χ1n) is 11.3. The van der Waals surface area contributed by atoms with E-state index in [4.69, 9.17) is 14.1 Å². The summed E-state index contributed by atoms with van der Waals surface area (Å²) in [6.07, 6.45) is 2.31. The summed E-state index contributed by atoms with van der Waals surface area (Å²) < 4.78 is 11.0. The Balaban J connectivity index is 1.49. The van der Waals surface area contributed by atoms with Gasteiger partial charge in [0.25, 0.3) is 0 Å². The Labute approximate surface area is 186 Å². The number of piperidine rings is 1. The van der Waals surface area contributed by atoms with Gasteiger partial charge in [-0.3, -0.25) is 9.89 Å². The van der Waals surface area contributed by atoms with Gasteiger partial charge in [0.1, 0.15) is 11.5 Å². The van der Waals surface area contributed by atoms with Crippen molar-refractivity contribution >= 4 is 5.96 Å². The van der Waals surface area contributed by atoms with Gasteiger partial charge in [-0.1, -0.05) is 12.1 Å².